The van der Waals surface area contributed by atoms with Gasteiger partial charge in [-0.1, -0.05) is 29.8 Å². The molecule has 0 aliphatic carbocycles. The lowest BCUT2D eigenvalue weighted by Gasteiger charge is -2.06. The van der Waals surface area contributed by atoms with Crippen LogP contribution in [0.2, 0.25) is 5.15 Å². The van der Waals surface area contributed by atoms with E-state index in [0.29, 0.717) is 24.3 Å². The van der Waals surface area contributed by atoms with Crippen molar-refractivity contribution < 1.29 is 9.18 Å². The predicted molar refractivity (Wildman–Crippen MR) is 97.6 cm³/mol. The number of nitrogens with zero attached hydrogens (tertiary/aromatic N) is 3. The molecule has 26 heavy (non-hydrogen) atoms. The normalized spacial score (nSPS) is 10.8. The van der Waals surface area contributed by atoms with Crippen molar-refractivity contribution in [2.45, 2.75) is 26.9 Å². The van der Waals surface area contributed by atoms with Gasteiger partial charge in [-0.2, -0.15) is 5.10 Å². The fourth-order valence-corrected chi connectivity index (χ4v) is 2.96. The molecule has 0 bridgehead atoms. The monoisotopic (exact) mass is 372 g/mol. The van der Waals surface area contributed by atoms with Crippen molar-refractivity contribution in [1.29, 1.82) is 0 Å². The van der Waals surface area contributed by atoms with Gasteiger partial charge in [0.1, 0.15) is 11.0 Å². The molecule has 3 rings (SSSR count). The van der Waals surface area contributed by atoms with Crippen molar-refractivity contribution in [3.05, 3.63) is 81.6 Å². The zero-order valence-corrected chi connectivity index (χ0v) is 15.2. The summed E-state index contributed by atoms with van der Waals surface area (Å²) in [5, 5.41) is 7.40. The van der Waals surface area contributed by atoms with Gasteiger partial charge in [0, 0.05) is 5.69 Å². The summed E-state index contributed by atoms with van der Waals surface area (Å²) in [5.41, 5.74) is 3.36. The second-order valence-electron chi connectivity index (χ2n) is 5.99. The molecule has 7 heteroatoms. The van der Waals surface area contributed by atoms with Crippen LogP contribution in [0.1, 0.15) is 33.0 Å². The predicted octanol–water partition coefficient (Wildman–Crippen LogP) is 3.67. The Morgan fingerprint density at radius 1 is 1.19 bits per heavy atom. The average molecular weight is 373 g/mol. The van der Waals surface area contributed by atoms with Crippen molar-refractivity contribution in [2.24, 2.45) is 0 Å². The van der Waals surface area contributed by atoms with Crippen LogP contribution in [0.15, 0.2) is 42.5 Å². The minimum absolute atomic E-state index is 0.251. The van der Waals surface area contributed by atoms with Crippen LogP contribution in [0, 0.1) is 19.7 Å². The van der Waals surface area contributed by atoms with Crippen LogP contribution in [0.5, 0.6) is 0 Å². The highest BCUT2D eigenvalue weighted by molar-refractivity contribution is 6.33. The van der Waals surface area contributed by atoms with E-state index in [1.807, 2.05) is 25.1 Å². The number of halogens is 2. The molecule has 0 radical (unpaired) electrons. The number of hydrogen-bond acceptors (Lipinski definition) is 3. The standard InChI is InChI=1S/C19H18ClFN4O/c1-12-4-3-5-16(23-12)10-22-19(26)17-13(2)24-25(18(17)20)11-14-6-8-15(21)9-7-14/h3-9H,10-11H2,1-2H3,(H,22,26). The summed E-state index contributed by atoms with van der Waals surface area (Å²) >= 11 is 6.36. The molecule has 3 aromatic rings. The van der Waals surface area contributed by atoms with E-state index in [2.05, 4.69) is 15.4 Å². The van der Waals surface area contributed by atoms with Gasteiger partial charge in [-0.3, -0.25) is 9.78 Å². The fraction of sp³-hybridized carbons (Fsp3) is 0.211. The van der Waals surface area contributed by atoms with Crippen LogP contribution in [0.4, 0.5) is 4.39 Å². The number of amides is 1. The van der Waals surface area contributed by atoms with Gasteiger partial charge in [0.25, 0.3) is 5.91 Å². The number of carbonyl (C=O) groups excluding carboxylic acids is 1. The summed E-state index contributed by atoms with van der Waals surface area (Å²) in [4.78, 5) is 16.9. The van der Waals surface area contributed by atoms with Gasteiger partial charge >= 0.3 is 0 Å². The lowest BCUT2D eigenvalue weighted by molar-refractivity contribution is 0.0950. The Bertz CT molecular complexity index is 937. The third-order valence-electron chi connectivity index (χ3n) is 3.91. The average Bonchev–Trinajstić information content (AvgIpc) is 2.88. The molecule has 0 aliphatic heterocycles. The SMILES string of the molecule is Cc1cccc(CNC(=O)c2c(C)nn(Cc3ccc(F)cc3)c2Cl)n1. The third kappa shape index (κ3) is 4.08. The molecule has 2 aromatic heterocycles. The maximum absolute atomic E-state index is 13.0. The number of hydrogen-bond donors (Lipinski definition) is 1. The molecular weight excluding hydrogens is 355 g/mol. The summed E-state index contributed by atoms with van der Waals surface area (Å²) < 4.78 is 14.6. The first-order chi connectivity index (χ1) is 12.4. The maximum atomic E-state index is 13.0. The molecule has 1 aromatic carbocycles. The molecule has 0 atom stereocenters. The number of benzene rings is 1. The van der Waals surface area contributed by atoms with E-state index in [-0.39, 0.29) is 16.9 Å². The summed E-state index contributed by atoms with van der Waals surface area (Å²) in [6, 6.07) is 11.7. The van der Waals surface area contributed by atoms with E-state index in [1.54, 1.807) is 19.1 Å². The largest absolute Gasteiger partial charge is 0.346 e. The smallest absolute Gasteiger partial charge is 0.256 e. The zero-order chi connectivity index (χ0) is 18.7. The highest BCUT2D eigenvalue weighted by Gasteiger charge is 2.20. The lowest BCUT2D eigenvalue weighted by atomic mass is 10.2. The van der Waals surface area contributed by atoms with Crippen molar-refractivity contribution >= 4 is 17.5 Å². The first-order valence-electron chi connectivity index (χ1n) is 8.12. The minimum Gasteiger partial charge on any atom is -0.346 e. The van der Waals surface area contributed by atoms with E-state index >= 15 is 0 Å². The van der Waals surface area contributed by atoms with Gasteiger partial charge in [-0.15, -0.1) is 0 Å². The fourth-order valence-electron chi connectivity index (χ4n) is 2.64. The van der Waals surface area contributed by atoms with Gasteiger partial charge in [0.15, 0.2) is 0 Å². The lowest BCUT2D eigenvalue weighted by Crippen LogP contribution is -2.24. The second-order valence-corrected chi connectivity index (χ2v) is 6.35. The quantitative estimate of drug-likeness (QED) is 0.743. The molecule has 0 saturated carbocycles. The molecular formula is C19H18ClFN4O. The van der Waals surface area contributed by atoms with E-state index in [0.717, 1.165) is 17.0 Å². The molecule has 0 aliphatic rings. The number of aryl methyl sites for hydroxylation is 2. The van der Waals surface area contributed by atoms with E-state index < -0.39 is 0 Å². The molecule has 134 valence electrons. The van der Waals surface area contributed by atoms with Crippen molar-refractivity contribution in [1.82, 2.24) is 20.1 Å². The van der Waals surface area contributed by atoms with Crippen molar-refractivity contribution in [3.63, 3.8) is 0 Å². The van der Waals surface area contributed by atoms with E-state index in [4.69, 9.17) is 11.6 Å². The molecule has 0 saturated heterocycles. The molecule has 5 nitrogen and oxygen atoms in total. The minimum atomic E-state index is -0.304. The van der Waals surface area contributed by atoms with Crippen LogP contribution in [0.25, 0.3) is 0 Å². The summed E-state index contributed by atoms with van der Waals surface area (Å²) in [5.74, 6) is -0.609. The molecule has 0 spiro atoms. The van der Waals surface area contributed by atoms with Crippen LogP contribution >= 0.6 is 11.6 Å². The Balaban J connectivity index is 1.74. The van der Waals surface area contributed by atoms with Crippen molar-refractivity contribution in [3.8, 4) is 0 Å². The molecule has 0 unspecified atom stereocenters. The Morgan fingerprint density at radius 2 is 1.92 bits per heavy atom. The highest BCUT2D eigenvalue weighted by atomic mass is 35.5. The van der Waals surface area contributed by atoms with E-state index in [1.165, 1.54) is 16.8 Å². The maximum Gasteiger partial charge on any atom is 0.256 e. The summed E-state index contributed by atoms with van der Waals surface area (Å²) in [7, 11) is 0. The third-order valence-corrected chi connectivity index (χ3v) is 4.30. The van der Waals surface area contributed by atoms with Gasteiger partial charge in [-0.05, 0) is 43.7 Å². The zero-order valence-electron chi connectivity index (χ0n) is 14.5. The van der Waals surface area contributed by atoms with Gasteiger partial charge < -0.3 is 5.32 Å². The number of aromatic nitrogens is 3. The first-order valence-corrected chi connectivity index (χ1v) is 8.50. The van der Waals surface area contributed by atoms with Crippen LogP contribution < -0.4 is 5.32 Å². The van der Waals surface area contributed by atoms with Crippen LogP contribution in [-0.2, 0) is 13.1 Å². The molecule has 2 heterocycles. The number of nitrogens with one attached hydrogen (secondary N) is 1. The first kappa shape index (κ1) is 18.1. The molecule has 0 fully saturated rings. The number of pyridine rings is 1. The van der Waals surface area contributed by atoms with Crippen LogP contribution in [0.3, 0.4) is 0 Å². The summed E-state index contributed by atoms with van der Waals surface area (Å²) in [6.45, 7) is 4.28. The topological polar surface area (TPSA) is 59.8 Å². The Labute approximate surface area is 155 Å². The number of rotatable bonds is 5. The molecule has 1 amide bonds. The second kappa shape index (κ2) is 7.66. The van der Waals surface area contributed by atoms with Crippen LogP contribution in [-0.4, -0.2) is 20.7 Å². The number of carbonyl (C=O) groups is 1. The van der Waals surface area contributed by atoms with E-state index in [9.17, 15) is 9.18 Å². The Morgan fingerprint density at radius 3 is 2.62 bits per heavy atom. The highest BCUT2D eigenvalue weighted by Crippen LogP contribution is 2.21. The van der Waals surface area contributed by atoms with Gasteiger partial charge in [0.2, 0.25) is 0 Å². The summed E-state index contributed by atoms with van der Waals surface area (Å²) in [6.07, 6.45) is 0. The van der Waals surface area contributed by atoms with Crippen molar-refractivity contribution in [2.75, 3.05) is 0 Å². The Hall–Kier alpha value is -2.73. The molecule has 1 N–H and O–H groups in total. The van der Waals surface area contributed by atoms with Gasteiger partial charge in [0.05, 0.1) is 30.0 Å². The van der Waals surface area contributed by atoms with Gasteiger partial charge in [-0.25, -0.2) is 9.07 Å². The Kier molecular flexibility index (Phi) is 5.32.